The van der Waals surface area contributed by atoms with Gasteiger partial charge in [-0.2, -0.15) is 0 Å². The minimum absolute atomic E-state index is 0. The van der Waals surface area contributed by atoms with Crippen LogP contribution in [-0.4, -0.2) is 31.1 Å². The molecule has 0 spiro atoms. The van der Waals surface area contributed by atoms with E-state index in [-0.39, 0.29) is 30.3 Å². The molecule has 2 unspecified atom stereocenters. The molecule has 0 amide bonds. The fourth-order valence-electron chi connectivity index (χ4n) is 2.72. The van der Waals surface area contributed by atoms with Crippen LogP contribution in [0.2, 0.25) is 0 Å². The highest BCUT2D eigenvalue weighted by Gasteiger charge is 2.28. The van der Waals surface area contributed by atoms with Gasteiger partial charge in [-0.3, -0.25) is 9.69 Å². The van der Waals surface area contributed by atoms with Crippen LogP contribution in [0.4, 0.5) is 0 Å². The summed E-state index contributed by atoms with van der Waals surface area (Å²) in [5.74, 6) is -0.131. The van der Waals surface area contributed by atoms with Crippen molar-refractivity contribution in [1.82, 2.24) is 4.90 Å². The lowest BCUT2D eigenvalue weighted by Crippen LogP contribution is -2.41. The van der Waals surface area contributed by atoms with Gasteiger partial charge in [0, 0.05) is 19.2 Å². The first-order valence-electron chi connectivity index (χ1n) is 7.49. The van der Waals surface area contributed by atoms with Crippen molar-refractivity contribution in [3.63, 3.8) is 0 Å². The third kappa shape index (κ3) is 5.17. The SMILES string of the molecule is COC(C(C)C(=O)c1ccccc1)N(C)Cc1ccccc1.Cl. The van der Waals surface area contributed by atoms with Crippen LogP contribution in [0.1, 0.15) is 22.8 Å². The fourth-order valence-corrected chi connectivity index (χ4v) is 2.72. The maximum absolute atomic E-state index is 12.6. The number of carbonyl (C=O) groups excluding carboxylic acids is 1. The average Bonchev–Trinajstić information content (AvgIpc) is 2.56. The first-order chi connectivity index (χ1) is 10.6. The number of methoxy groups -OCH3 is 1. The van der Waals surface area contributed by atoms with Crippen LogP contribution in [0.25, 0.3) is 0 Å². The van der Waals surface area contributed by atoms with Gasteiger partial charge in [0.1, 0.15) is 6.23 Å². The van der Waals surface area contributed by atoms with Crippen LogP contribution < -0.4 is 0 Å². The zero-order valence-corrected chi connectivity index (χ0v) is 14.6. The molecular weight excluding hydrogens is 310 g/mol. The van der Waals surface area contributed by atoms with Crippen molar-refractivity contribution in [1.29, 1.82) is 0 Å². The lowest BCUT2D eigenvalue weighted by atomic mass is 9.97. The second-order valence-electron chi connectivity index (χ2n) is 5.55. The number of hydrogen-bond donors (Lipinski definition) is 0. The topological polar surface area (TPSA) is 29.5 Å². The summed E-state index contributed by atoms with van der Waals surface area (Å²) >= 11 is 0. The molecule has 124 valence electrons. The molecule has 2 rings (SSSR count). The second-order valence-corrected chi connectivity index (χ2v) is 5.55. The zero-order chi connectivity index (χ0) is 15.9. The Morgan fingerprint density at radius 1 is 1.04 bits per heavy atom. The van der Waals surface area contributed by atoms with Crippen molar-refractivity contribution in [3.8, 4) is 0 Å². The summed E-state index contributed by atoms with van der Waals surface area (Å²) in [5.41, 5.74) is 1.93. The summed E-state index contributed by atoms with van der Waals surface area (Å²) in [6.45, 7) is 2.66. The Kier molecular flexibility index (Phi) is 7.96. The Labute approximate surface area is 144 Å². The van der Waals surface area contributed by atoms with Gasteiger partial charge in [-0.1, -0.05) is 67.6 Å². The van der Waals surface area contributed by atoms with Gasteiger partial charge in [-0.15, -0.1) is 12.4 Å². The van der Waals surface area contributed by atoms with Crippen molar-refractivity contribution in [2.75, 3.05) is 14.2 Å². The number of carbonyl (C=O) groups is 1. The summed E-state index contributed by atoms with van der Waals surface area (Å²) in [4.78, 5) is 14.7. The van der Waals surface area contributed by atoms with Gasteiger partial charge in [0.15, 0.2) is 5.78 Å². The van der Waals surface area contributed by atoms with E-state index in [1.807, 2.05) is 62.5 Å². The molecule has 2 aromatic rings. The Balaban J connectivity index is 0.00000264. The zero-order valence-electron chi connectivity index (χ0n) is 13.8. The van der Waals surface area contributed by atoms with Gasteiger partial charge in [0.2, 0.25) is 0 Å². The van der Waals surface area contributed by atoms with Gasteiger partial charge < -0.3 is 4.74 Å². The number of ketones is 1. The van der Waals surface area contributed by atoms with Crippen LogP contribution in [-0.2, 0) is 11.3 Å². The number of benzene rings is 2. The molecule has 0 heterocycles. The highest BCUT2D eigenvalue weighted by atomic mass is 35.5. The van der Waals surface area contributed by atoms with Crippen LogP contribution in [0.5, 0.6) is 0 Å². The molecule has 0 aromatic heterocycles. The molecule has 2 atom stereocenters. The number of hydrogen-bond acceptors (Lipinski definition) is 3. The predicted octanol–water partition coefficient (Wildman–Crippen LogP) is 4.03. The van der Waals surface area contributed by atoms with Gasteiger partial charge in [0.25, 0.3) is 0 Å². The highest BCUT2D eigenvalue weighted by molar-refractivity contribution is 5.97. The molecule has 0 radical (unpaired) electrons. The second kappa shape index (κ2) is 9.46. The summed E-state index contributed by atoms with van der Waals surface area (Å²) in [6.07, 6.45) is -0.257. The van der Waals surface area contributed by atoms with E-state index in [1.54, 1.807) is 7.11 Å². The maximum Gasteiger partial charge on any atom is 0.169 e. The largest absolute Gasteiger partial charge is 0.366 e. The molecule has 4 heteroatoms. The summed E-state index contributed by atoms with van der Waals surface area (Å²) in [5, 5.41) is 0. The number of ether oxygens (including phenoxy) is 1. The van der Waals surface area contributed by atoms with Gasteiger partial charge in [-0.25, -0.2) is 0 Å². The van der Waals surface area contributed by atoms with E-state index < -0.39 is 0 Å². The van der Waals surface area contributed by atoms with Crippen LogP contribution in [0.15, 0.2) is 60.7 Å². The van der Waals surface area contributed by atoms with Gasteiger partial charge in [-0.05, 0) is 12.6 Å². The Morgan fingerprint density at radius 3 is 2.09 bits per heavy atom. The molecule has 23 heavy (non-hydrogen) atoms. The van der Waals surface area contributed by atoms with Crippen molar-refractivity contribution in [2.24, 2.45) is 5.92 Å². The molecule has 3 nitrogen and oxygen atoms in total. The molecule has 0 aliphatic rings. The lowest BCUT2D eigenvalue weighted by Gasteiger charge is -2.31. The van der Waals surface area contributed by atoms with Gasteiger partial charge >= 0.3 is 0 Å². The van der Waals surface area contributed by atoms with Gasteiger partial charge in [0.05, 0.1) is 5.92 Å². The Bertz CT molecular complexity index is 589. The van der Waals surface area contributed by atoms with Crippen molar-refractivity contribution >= 4 is 18.2 Å². The molecule has 2 aromatic carbocycles. The first-order valence-corrected chi connectivity index (χ1v) is 7.49. The quantitative estimate of drug-likeness (QED) is 0.566. The number of halogens is 1. The fraction of sp³-hybridized carbons (Fsp3) is 0.316. The third-order valence-corrected chi connectivity index (χ3v) is 3.85. The molecule has 0 saturated carbocycles. The smallest absolute Gasteiger partial charge is 0.169 e. The molecule has 0 aliphatic heterocycles. The summed E-state index contributed by atoms with van der Waals surface area (Å²) < 4.78 is 5.59. The van der Waals surface area contributed by atoms with Crippen molar-refractivity contribution in [3.05, 3.63) is 71.8 Å². The normalized spacial score (nSPS) is 13.2. The molecule has 0 bridgehead atoms. The molecule has 0 fully saturated rings. The minimum Gasteiger partial charge on any atom is -0.366 e. The first kappa shape index (κ1) is 19.4. The number of nitrogens with zero attached hydrogens (tertiary/aromatic N) is 1. The van der Waals surface area contributed by atoms with Crippen LogP contribution >= 0.6 is 12.4 Å². The Morgan fingerprint density at radius 2 is 1.57 bits per heavy atom. The summed E-state index contributed by atoms with van der Waals surface area (Å²) in [6, 6.07) is 19.6. The van der Waals surface area contributed by atoms with Crippen molar-refractivity contribution in [2.45, 2.75) is 19.7 Å². The molecule has 0 saturated heterocycles. The standard InChI is InChI=1S/C19H23NO2.ClH/c1-15(18(21)17-12-8-5-9-13-17)19(22-3)20(2)14-16-10-6-4-7-11-16;/h4-13,15,19H,14H2,1-3H3;1H. The predicted molar refractivity (Wildman–Crippen MR) is 95.9 cm³/mol. The molecule has 0 N–H and O–H groups in total. The summed E-state index contributed by atoms with van der Waals surface area (Å²) in [7, 11) is 3.64. The maximum atomic E-state index is 12.6. The van der Waals surface area contributed by atoms with E-state index in [0.717, 1.165) is 12.1 Å². The highest BCUT2D eigenvalue weighted by Crippen LogP contribution is 2.18. The number of rotatable bonds is 7. The molecular formula is C19H24ClNO2. The van der Waals surface area contributed by atoms with Crippen LogP contribution in [0.3, 0.4) is 0 Å². The van der Waals surface area contributed by atoms with E-state index in [0.29, 0.717) is 0 Å². The minimum atomic E-state index is -0.257. The van der Waals surface area contributed by atoms with Crippen LogP contribution in [0, 0.1) is 5.92 Å². The van der Waals surface area contributed by atoms with E-state index in [1.165, 1.54) is 5.56 Å². The van der Waals surface area contributed by atoms with E-state index >= 15 is 0 Å². The van der Waals surface area contributed by atoms with Crippen molar-refractivity contribution < 1.29 is 9.53 Å². The third-order valence-electron chi connectivity index (χ3n) is 3.85. The van der Waals surface area contributed by atoms with E-state index in [2.05, 4.69) is 17.0 Å². The lowest BCUT2D eigenvalue weighted by molar-refractivity contribution is -0.0492. The van der Waals surface area contributed by atoms with E-state index in [9.17, 15) is 4.79 Å². The number of Topliss-reactive ketones (excluding diaryl/α,β-unsaturated/α-hetero) is 1. The Hall–Kier alpha value is -1.68. The average molecular weight is 334 g/mol. The van der Waals surface area contributed by atoms with E-state index in [4.69, 9.17) is 4.74 Å². The monoisotopic (exact) mass is 333 g/mol. The molecule has 0 aliphatic carbocycles.